The minimum atomic E-state index is -8.28. The Hall–Kier alpha value is -1.01. The zero-order valence-corrected chi connectivity index (χ0v) is 12.1. The summed E-state index contributed by atoms with van der Waals surface area (Å²) in [6.45, 7) is 0. The van der Waals surface area contributed by atoms with Crippen molar-refractivity contribution in [2.24, 2.45) is 0 Å². The molecule has 0 aliphatic heterocycles. The fourth-order valence-electron chi connectivity index (χ4n) is 0.632. The summed E-state index contributed by atoms with van der Waals surface area (Å²) in [6.07, 6.45) is -42.7. The van der Waals surface area contributed by atoms with Gasteiger partial charge < -0.3 is 0 Å². The van der Waals surface area contributed by atoms with Gasteiger partial charge in [-0.25, -0.2) is 18.1 Å². The fourth-order valence-corrected chi connectivity index (χ4v) is 1.90. The van der Waals surface area contributed by atoms with Crippen LogP contribution in [0.4, 0.5) is 70.6 Å². The molecule has 27 heavy (non-hydrogen) atoms. The highest BCUT2D eigenvalue weighted by Crippen LogP contribution is 2.64. The molecule has 0 heterocycles. The van der Waals surface area contributed by atoms with Crippen LogP contribution in [0, 0.1) is 0 Å². The van der Waals surface area contributed by atoms with E-state index in [-0.39, 0.29) is 4.70 Å². The van der Waals surface area contributed by atoms with Crippen molar-refractivity contribution in [3.8, 4) is 0 Å². The summed E-state index contributed by atoms with van der Waals surface area (Å²) in [4.78, 5) is 0. The van der Waals surface area contributed by atoms with Crippen molar-refractivity contribution in [3.05, 3.63) is 0 Å². The lowest BCUT2D eigenvalue weighted by Gasteiger charge is -2.30. The van der Waals surface area contributed by atoms with Gasteiger partial charge in [0.05, 0.1) is 0 Å². The molecule has 4 nitrogen and oxygen atoms in total. The first kappa shape index (κ1) is 28.2. The van der Waals surface area contributed by atoms with Crippen molar-refractivity contribution in [2.45, 2.75) is 36.9 Å². The molecule has 0 bridgehead atoms. The van der Waals surface area contributed by atoms with E-state index in [1.54, 1.807) is 13.6 Å². The first-order chi connectivity index (χ1) is 10.9. The van der Waals surface area contributed by atoms with Crippen LogP contribution in [0.1, 0.15) is 0 Å². The van der Waals surface area contributed by atoms with Gasteiger partial charge in [0.2, 0.25) is 0 Å². The van der Waals surface area contributed by atoms with Gasteiger partial charge in [0.15, 0.2) is 0 Å². The maximum absolute atomic E-state index is 12.4. The van der Waals surface area contributed by atoms with E-state index < -0.39 is 44.7 Å². The van der Waals surface area contributed by atoms with Gasteiger partial charge in [0.25, 0.3) is 0 Å². The Morgan fingerprint density at radius 1 is 0.444 bits per heavy atom. The second kappa shape index (κ2) is 7.43. The van der Waals surface area contributed by atoms with Crippen LogP contribution in [0.3, 0.4) is 0 Å². The average Bonchev–Trinajstić information content (AvgIpc) is 2.19. The largest absolute Gasteiger partial charge is 0.489 e. The molecule has 0 fully saturated rings. The van der Waals surface area contributed by atoms with Gasteiger partial charge in [-0.15, -0.1) is 0 Å². The lowest BCUT2D eigenvalue weighted by Crippen LogP contribution is -2.45. The Balaban J connectivity index is 0. The Bertz CT molecular complexity index is 469. The van der Waals surface area contributed by atoms with Crippen LogP contribution in [0.2, 0.25) is 0 Å². The SMILES string of the molecule is F.O=P(OC(F)(F)C(F)(F)F)(OC(F)(F)C(F)(F)F)OC(F)(F)C(F)(F)F. The number of hydrogen-bond acceptors (Lipinski definition) is 4. The fraction of sp³-hybridized carbons (Fsp3) is 1.00. The predicted octanol–water partition coefficient (Wildman–Crippen LogP) is 5.76. The number of phosphoric acid groups is 1. The van der Waals surface area contributed by atoms with E-state index in [9.17, 15) is 70.4 Å². The van der Waals surface area contributed by atoms with E-state index in [0.29, 0.717) is 0 Å². The van der Waals surface area contributed by atoms with Gasteiger partial charge in [0, 0.05) is 0 Å². The molecule has 0 radical (unpaired) electrons. The summed E-state index contributed by atoms with van der Waals surface area (Å²) in [5.41, 5.74) is 0. The third-order valence-electron chi connectivity index (χ3n) is 1.67. The van der Waals surface area contributed by atoms with Crippen LogP contribution in [0.15, 0.2) is 0 Å². The van der Waals surface area contributed by atoms with Crippen LogP contribution in [-0.2, 0) is 18.1 Å². The van der Waals surface area contributed by atoms with Crippen LogP contribution < -0.4 is 0 Å². The Kier molecular flexibility index (Phi) is 7.76. The number of rotatable bonds is 6. The summed E-state index contributed by atoms with van der Waals surface area (Å²) in [5.74, 6) is 0. The molecule has 0 aromatic rings. The average molecular weight is 472 g/mol. The molecule has 0 rings (SSSR count). The molecule has 0 amide bonds. The maximum atomic E-state index is 12.4. The van der Waals surface area contributed by atoms with E-state index in [2.05, 4.69) is 0 Å². The lowest BCUT2D eigenvalue weighted by molar-refractivity contribution is -0.404. The molecule has 0 N–H and O–H groups in total. The molecule has 0 spiro atoms. The van der Waals surface area contributed by atoms with E-state index >= 15 is 0 Å². The van der Waals surface area contributed by atoms with E-state index in [4.69, 9.17) is 0 Å². The molecule has 0 aliphatic carbocycles. The zero-order chi connectivity index (χ0) is 21.6. The smallest absolute Gasteiger partial charge is 0.269 e. The number of phosphoric ester groups is 1. The van der Waals surface area contributed by atoms with Crippen LogP contribution in [0.25, 0.3) is 0 Å². The molecular formula is C6HF16O4P. The topological polar surface area (TPSA) is 44.8 Å². The van der Waals surface area contributed by atoms with Crippen molar-refractivity contribution in [1.82, 2.24) is 0 Å². The molecular weight excluding hydrogens is 471 g/mol. The highest BCUT2D eigenvalue weighted by Gasteiger charge is 2.72. The highest BCUT2D eigenvalue weighted by atomic mass is 31.2. The van der Waals surface area contributed by atoms with Crippen molar-refractivity contribution < 1.29 is 88.7 Å². The Morgan fingerprint density at radius 3 is 0.704 bits per heavy atom. The standard InChI is InChI=1S/C6F15O4P.FH/c7-1(8,9)4(16,17)23-26(22,24-5(18,19)2(10,11)12)25-6(20,21)3(13,14)15;/h;1H. The highest BCUT2D eigenvalue weighted by molar-refractivity contribution is 7.48. The van der Waals surface area contributed by atoms with Gasteiger partial charge in [-0.2, -0.15) is 65.9 Å². The van der Waals surface area contributed by atoms with Crippen LogP contribution >= 0.6 is 7.82 Å². The van der Waals surface area contributed by atoms with Crippen molar-refractivity contribution in [3.63, 3.8) is 0 Å². The molecule has 0 aromatic carbocycles. The summed E-state index contributed by atoms with van der Waals surface area (Å²) in [5, 5.41) is 0. The van der Waals surface area contributed by atoms with E-state index in [0.717, 1.165) is 0 Å². The van der Waals surface area contributed by atoms with Crippen molar-refractivity contribution >= 4 is 7.82 Å². The first-order valence-corrected chi connectivity index (χ1v) is 6.39. The summed E-state index contributed by atoms with van der Waals surface area (Å²) >= 11 is 0. The summed E-state index contributed by atoms with van der Waals surface area (Å²) < 4.78 is 197. The van der Waals surface area contributed by atoms with Crippen molar-refractivity contribution in [2.75, 3.05) is 0 Å². The molecule has 0 aliphatic rings. The second-order valence-corrected chi connectivity index (χ2v) is 5.21. The van der Waals surface area contributed by atoms with Gasteiger partial charge in [-0.05, 0) is 0 Å². The first-order valence-electron chi connectivity index (χ1n) is 4.93. The zero-order valence-electron chi connectivity index (χ0n) is 11.2. The molecule has 21 heteroatoms. The quantitative estimate of drug-likeness (QED) is 0.365. The van der Waals surface area contributed by atoms with Crippen LogP contribution in [-0.4, -0.2) is 36.9 Å². The Morgan fingerprint density at radius 2 is 0.593 bits per heavy atom. The minimum Gasteiger partial charge on any atom is -0.269 e. The van der Waals surface area contributed by atoms with Crippen LogP contribution in [0.5, 0.6) is 0 Å². The van der Waals surface area contributed by atoms with Gasteiger partial charge in [-0.1, -0.05) is 0 Å². The minimum absolute atomic E-state index is 0. The lowest BCUT2D eigenvalue weighted by atomic mass is 10.6. The molecule has 0 unspecified atom stereocenters. The van der Waals surface area contributed by atoms with Gasteiger partial charge in [0.1, 0.15) is 0 Å². The number of halogens is 16. The Labute approximate surface area is 135 Å². The number of hydrogen-bond donors (Lipinski definition) is 0. The van der Waals surface area contributed by atoms with E-state index in [1.165, 1.54) is 0 Å². The third kappa shape index (κ3) is 6.83. The number of alkyl halides is 15. The summed E-state index contributed by atoms with van der Waals surface area (Å²) in [7, 11) is -8.28. The second-order valence-electron chi connectivity index (χ2n) is 3.76. The predicted molar refractivity (Wildman–Crippen MR) is 46.4 cm³/mol. The monoisotopic (exact) mass is 472 g/mol. The maximum Gasteiger partial charge on any atom is 0.489 e. The molecule has 0 saturated heterocycles. The molecule has 166 valence electrons. The van der Waals surface area contributed by atoms with E-state index in [1.807, 2.05) is 0 Å². The summed E-state index contributed by atoms with van der Waals surface area (Å²) in [6, 6.07) is 0. The molecule has 0 atom stereocenters. The third-order valence-corrected chi connectivity index (χ3v) is 3.03. The van der Waals surface area contributed by atoms with Gasteiger partial charge >= 0.3 is 44.7 Å². The normalized spacial score (nSPS) is 15.5. The molecule has 0 aromatic heterocycles. The molecule has 0 saturated carbocycles. The van der Waals surface area contributed by atoms with Crippen molar-refractivity contribution in [1.29, 1.82) is 0 Å². The van der Waals surface area contributed by atoms with Gasteiger partial charge in [-0.3, -0.25) is 4.70 Å².